The number of thiophene rings is 1. The molecule has 0 aromatic carbocycles. The van der Waals surface area contributed by atoms with Gasteiger partial charge in [-0.25, -0.2) is 0 Å². The van der Waals surface area contributed by atoms with Crippen molar-refractivity contribution in [2.45, 2.75) is 0 Å². The molecule has 0 atom stereocenters. The first kappa shape index (κ1) is 7.17. The Balaban J connectivity index is 2.34. The summed E-state index contributed by atoms with van der Waals surface area (Å²) in [5.41, 5.74) is 1.02. The fourth-order valence-corrected chi connectivity index (χ4v) is 1.49. The summed E-state index contributed by atoms with van der Waals surface area (Å²) in [5, 5.41) is 13.3. The van der Waals surface area contributed by atoms with E-state index in [4.69, 9.17) is 0 Å². The van der Waals surface area contributed by atoms with Crippen LogP contribution in [0.4, 0.5) is 0 Å². The van der Waals surface area contributed by atoms with Gasteiger partial charge < -0.3 is 0 Å². The first-order chi connectivity index (χ1) is 5.88. The lowest BCUT2D eigenvalue weighted by Crippen LogP contribution is -1.99. The Morgan fingerprint density at radius 1 is 1.58 bits per heavy atom. The van der Waals surface area contributed by atoms with Gasteiger partial charge in [0.15, 0.2) is 5.69 Å². The van der Waals surface area contributed by atoms with Crippen LogP contribution in [0.2, 0.25) is 0 Å². The van der Waals surface area contributed by atoms with Crippen molar-refractivity contribution in [1.82, 2.24) is 15.4 Å². The molecule has 0 spiro atoms. The van der Waals surface area contributed by atoms with E-state index in [1.54, 1.807) is 11.4 Å². The summed E-state index contributed by atoms with van der Waals surface area (Å²) in [5.74, 6) is -0.0926. The average molecular weight is 179 g/mol. The number of aromatic nitrogens is 3. The lowest BCUT2D eigenvalue weighted by Gasteiger charge is -1.88. The number of carbonyl (C=O) groups is 1. The summed E-state index contributed by atoms with van der Waals surface area (Å²) in [7, 11) is 0. The smallest absolute Gasteiger partial charge is 0.215 e. The Morgan fingerprint density at radius 2 is 2.50 bits per heavy atom. The largest absolute Gasteiger partial charge is 0.287 e. The maximum absolute atomic E-state index is 11.5. The number of hydrogen-bond acceptors (Lipinski definition) is 4. The van der Waals surface area contributed by atoms with Gasteiger partial charge in [-0.2, -0.15) is 26.7 Å². The van der Waals surface area contributed by atoms with Gasteiger partial charge >= 0.3 is 0 Å². The zero-order chi connectivity index (χ0) is 8.39. The normalized spacial score (nSPS) is 10.0. The van der Waals surface area contributed by atoms with Gasteiger partial charge in [-0.3, -0.25) is 4.79 Å². The highest BCUT2D eigenvalue weighted by Crippen LogP contribution is 2.09. The van der Waals surface area contributed by atoms with Crippen LogP contribution in [0, 0.1) is 0 Å². The number of ketones is 1. The van der Waals surface area contributed by atoms with Gasteiger partial charge in [-0.05, 0) is 11.4 Å². The summed E-state index contributed by atoms with van der Waals surface area (Å²) in [4.78, 5) is 11.5. The third-order valence-corrected chi connectivity index (χ3v) is 2.11. The fourth-order valence-electron chi connectivity index (χ4n) is 0.853. The Hall–Kier alpha value is -1.49. The van der Waals surface area contributed by atoms with Crippen LogP contribution in [0.1, 0.15) is 16.1 Å². The lowest BCUT2D eigenvalue weighted by atomic mass is 10.2. The molecular weight excluding hydrogens is 174 g/mol. The predicted octanol–water partition coefficient (Wildman–Crippen LogP) is 1.10. The molecule has 0 aliphatic heterocycles. The van der Waals surface area contributed by atoms with Crippen LogP contribution < -0.4 is 0 Å². The highest BCUT2D eigenvalue weighted by Gasteiger charge is 2.10. The van der Waals surface area contributed by atoms with Crippen molar-refractivity contribution >= 4 is 17.1 Å². The number of nitrogens with zero attached hydrogens (tertiary/aromatic N) is 2. The van der Waals surface area contributed by atoms with Gasteiger partial charge in [0.1, 0.15) is 0 Å². The SMILES string of the molecule is O=C(c1ccsc1)c1cn[nH]n1. The lowest BCUT2D eigenvalue weighted by molar-refractivity contribution is 0.103. The Bertz CT molecular complexity index is 329. The summed E-state index contributed by atoms with van der Waals surface area (Å²) in [6, 6.07) is 1.77. The van der Waals surface area contributed by atoms with Crippen LogP contribution in [0.5, 0.6) is 0 Å². The van der Waals surface area contributed by atoms with E-state index in [0.717, 1.165) is 0 Å². The molecule has 0 saturated heterocycles. The molecule has 12 heavy (non-hydrogen) atoms. The third-order valence-electron chi connectivity index (χ3n) is 1.43. The molecule has 5 heteroatoms. The number of nitrogens with one attached hydrogen (secondary N) is 1. The average Bonchev–Trinajstić information content (AvgIpc) is 2.77. The molecular formula is C7H5N3OS. The molecule has 2 aromatic heterocycles. The molecule has 1 N–H and O–H groups in total. The Morgan fingerprint density at radius 3 is 3.08 bits per heavy atom. The maximum Gasteiger partial charge on any atom is 0.215 e. The zero-order valence-electron chi connectivity index (χ0n) is 6.02. The number of aromatic amines is 1. The van der Waals surface area contributed by atoms with E-state index in [2.05, 4.69) is 15.4 Å². The first-order valence-corrected chi connectivity index (χ1v) is 4.25. The summed E-state index contributed by atoms with van der Waals surface area (Å²) in [6.45, 7) is 0. The zero-order valence-corrected chi connectivity index (χ0v) is 6.84. The van der Waals surface area contributed by atoms with Crippen molar-refractivity contribution < 1.29 is 4.79 Å². The van der Waals surface area contributed by atoms with Crippen LogP contribution in [0.15, 0.2) is 23.0 Å². The molecule has 0 aliphatic carbocycles. The van der Waals surface area contributed by atoms with Gasteiger partial charge in [-0.15, -0.1) is 0 Å². The molecule has 2 heterocycles. The quantitative estimate of drug-likeness (QED) is 0.702. The minimum atomic E-state index is -0.0926. The van der Waals surface area contributed by atoms with E-state index in [0.29, 0.717) is 11.3 Å². The number of rotatable bonds is 2. The molecule has 0 saturated carbocycles. The van der Waals surface area contributed by atoms with Crippen molar-refractivity contribution in [1.29, 1.82) is 0 Å². The van der Waals surface area contributed by atoms with Crippen LogP contribution in [0.3, 0.4) is 0 Å². The van der Waals surface area contributed by atoms with Crippen molar-refractivity contribution in [2.24, 2.45) is 0 Å². The molecule has 60 valence electrons. The van der Waals surface area contributed by atoms with Crippen molar-refractivity contribution in [3.63, 3.8) is 0 Å². The molecule has 0 radical (unpaired) electrons. The minimum absolute atomic E-state index is 0.0926. The van der Waals surface area contributed by atoms with E-state index in [9.17, 15) is 4.79 Å². The summed E-state index contributed by atoms with van der Waals surface area (Å²) >= 11 is 1.49. The molecule has 2 rings (SSSR count). The maximum atomic E-state index is 11.5. The predicted molar refractivity (Wildman–Crippen MR) is 44.1 cm³/mol. The second kappa shape index (κ2) is 2.86. The molecule has 4 nitrogen and oxygen atoms in total. The van der Waals surface area contributed by atoms with Gasteiger partial charge in [-0.1, -0.05) is 0 Å². The van der Waals surface area contributed by atoms with E-state index in [1.807, 2.05) is 5.38 Å². The third kappa shape index (κ3) is 1.14. The second-order valence-corrected chi connectivity index (χ2v) is 2.98. The van der Waals surface area contributed by atoms with Gasteiger partial charge in [0, 0.05) is 10.9 Å². The molecule has 2 aromatic rings. The van der Waals surface area contributed by atoms with Gasteiger partial charge in [0.2, 0.25) is 5.78 Å². The van der Waals surface area contributed by atoms with Gasteiger partial charge in [0.25, 0.3) is 0 Å². The van der Waals surface area contributed by atoms with Gasteiger partial charge in [0.05, 0.1) is 6.20 Å². The van der Waals surface area contributed by atoms with Crippen LogP contribution >= 0.6 is 11.3 Å². The van der Waals surface area contributed by atoms with Crippen LogP contribution in [-0.4, -0.2) is 21.2 Å². The fraction of sp³-hybridized carbons (Fsp3) is 0. The standard InChI is InChI=1S/C7H5N3OS/c11-7(5-1-2-12-4-5)6-3-8-10-9-6/h1-4H,(H,8,9,10). The van der Waals surface area contributed by atoms with Crippen molar-refractivity contribution in [2.75, 3.05) is 0 Å². The molecule has 0 aliphatic rings. The number of hydrogen-bond donors (Lipinski definition) is 1. The topological polar surface area (TPSA) is 58.6 Å². The summed E-state index contributed by atoms with van der Waals surface area (Å²) < 4.78 is 0. The highest BCUT2D eigenvalue weighted by atomic mass is 32.1. The second-order valence-electron chi connectivity index (χ2n) is 2.20. The van der Waals surface area contributed by atoms with Crippen molar-refractivity contribution in [3.8, 4) is 0 Å². The Labute approximate surface area is 72.2 Å². The minimum Gasteiger partial charge on any atom is -0.287 e. The summed E-state index contributed by atoms with van der Waals surface area (Å²) in [6.07, 6.45) is 1.42. The van der Waals surface area contributed by atoms with Crippen molar-refractivity contribution in [3.05, 3.63) is 34.3 Å². The highest BCUT2D eigenvalue weighted by molar-refractivity contribution is 7.08. The van der Waals surface area contributed by atoms with E-state index in [1.165, 1.54) is 17.5 Å². The molecule has 0 bridgehead atoms. The van der Waals surface area contributed by atoms with E-state index >= 15 is 0 Å². The monoisotopic (exact) mass is 179 g/mol. The number of H-pyrrole nitrogens is 1. The number of carbonyl (C=O) groups excluding carboxylic acids is 1. The van der Waals surface area contributed by atoms with E-state index < -0.39 is 0 Å². The Kier molecular flexibility index (Phi) is 1.71. The van der Waals surface area contributed by atoms with E-state index in [-0.39, 0.29) is 5.78 Å². The molecule has 0 fully saturated rings. The molecule has 0 unspecified atom stereocenters. The first-order valence-electron chi connectivity index (χ1n) is 3.30. The van der Waals surface area contributed by atoms with Crippen LogP contribution in [-0.2, 0) is 0 Å². The molecule has 0 amide bonds. The van der Waals surface area contributed by atoms with Crippen LogP contribution in [0.25, 0.3) is 0 Å².